The molecule has 0 aliphatic heterocycles. The molecule has 2 N–H and O–H groups in total. The Morgan fingerprint density at radius 1 is 1.18 bits per heavy atom. The maximum atomic E-state index is 15.6. The summed E-state index contributed by atoms with van der Waals surface area (Å²) in [6, 6.07) is 10.4. The number of H-pyrrole nitrogens is 1. The minimum atomic E-state index is -0.677. The van der Waals surface area contributed by atoms with E-state index < -0.39 is 23.1 Å². The lowest BCUT2D eigenvalue weighted by atomic mass is 9.93. The Labute approximate surface area is 228 Å². The van der Waals surface area contributed by atoms with Crippen molar-refractivity contribution in [2.45, 2.75) is 39.8 Å². The van der Waals surface area contributed by atoms with Crippen LogP contribution in [0, 0.1) is 24.1 Å². The quantitative estimate of drug-likeness (QED) is 0.332. The fourth-order valence-corrected chi connectivity index (χ4v) is 4.63. The molecule has 5 aromatic rings. The van der Waals surface area contributed by atoms with Gasteiger partial charge in [-0.25, -0.2) is 14.3 Å². The summed E-state index contributed by atoms with van der Waals surface area (Å²) in [7, 11) is 1.67. The van der Waals surface area contributed by atoms with Crippen LogP contribution in [0.4, 0.5) is 9.18 Å². The van der Waals surface area contributed by atoms with Gasteiger partial charge in [-0.05, 0) is 57.0 Å². The summed E-state index contributed by atoms with van der Waals surface area (Å²) in [5, 5.41) is 25.1. The van der Waals surface area contributed by atoms with Gasteiger partial charge in [0.15, 0.2) is 0 Å². The smallest absolute Gasteiger partial charge is 0.407 e. The van der Waals surface area contributed by atoms with Crippen LogP contribution in [0.1, 0.15) is 37.6 Å². The van der Waals surface area contributed by atoms with Crippen molar-refractivity contribution in [3.63, 3.8) is 0 Å². The van der Waals surface area contributed by atoms with Gasteiger partial charge in [0.05, 0.1) is 46.2 Å². The largest absolute Gasteiger partial charge is 0.444 e. The summed E-state index contributed by atoms with van der Waals surface area (Å²) in [4.78, 5) is 29.0. The van der Waals surface area contributed by atoms with Crippen molar-refractivity contribution in [3.8, 4) is 28.5 Å². The fraction of sp³-hybridized carbons (Fsp3) is 0.241. The third-order valence-corrected chi connectivity index (χ3v) is 6.34. The number of alkyl carbamates (subject to hydrolysis) is 1. The molecule has 40 heavy (non-hydrogen) atoms. The first-order valence-corrected chi connectivity index (χ1v) is 12.5. The van der Waals surface area contributed by atoms with E-state index in [-0.39, 0.29) is 17.7 Å². The average molecular weight is 540 g/mol. The Hall–Kier alpha value is -5.11. The van der Waals surface area contributed by atoms with E-state index in [0.717, 1.165) is 5.56 Å². The van der Waals surface area contributed by atoms with Gasteiger partial charge in [0.25, 0.3) is 5.56 Å². The summed E-state index contributed by atoms with van der Waals surface area (Å²) in [5.41, 5.74) is 2.36. The molecule has 0 saturated heterocycles. The van der Waals surface area contributed by atoms with E-state index in [1.165, 1.54) is 10.7 Å². The minimum Gasteiger partial charge on any atom is -0.444 e. The molecule has 3 heterocycles. The molecule has 1 amide bonds. The zero-order valence-corrected chi connectivity index (χ0v) is 22.6. The van der Waals surface area contributed by atoms with E-state index in [4.69, 9.17) is 4.74 Å². The number of halogens is 1. The topological polar surface area (TPSA) is 139 Å². The first-order chi connectivity index (χ1) is 19.0. The van der Waals surface area contributed by atoms with Crippen molar-refractivity contribution in [1.29, 1.82) is 5.26 Å². The number of nitriles is 1. The molecule has 0 radical (unpaired) electrons. The Balaban J connectivity index is 1.65. The van der Waals surface area contributed by atoms with E-state index in [9.17, 15) is 14.9 Å². The molecule has 0 fully saturated rings. The predicted octanol–water partition coefficient (Wildman–Crippen LogP) is 4.88. The number of benzene rings is 2. The lowest BCUT2D eigenvalue weighted by Crippen LogP contribution is -2.32. The first-order valence-electron chi connectivity index (χ1n) is 12.5. The van der Waals surface area contributed by atoms with Crippen LogP contribution in [0.25, 0.3) is 44.1 Å². The Morgan fingerprint density at radius 2 is 1.95 bits per heavy atom. The van der Waals surface area contributed by atoms with E-state index in [2.05, 4.69) is 31.7 Å². The number of amides is 1. The van der Waals surface area contributed by atoms with Crippen LogP contribution in [0.3, 0.4) is 0 Å². The van der Waals surface area contributed by atoms with E-state index in [1.807, 2.05) is 6.92 Å². The van der Waals surface area contributed by atoms with Gasteiger partial charge in [-0.15, -0.1) is 0 Å². The van der Waals surface area contributed by atoms with Crippen molar-refractivity contribution >= 4 is 27.8 Å². The number of fused-ring (bicyclic) bond motifs is 2. The van der Waals surface area contributed by atoms with Crippen molar-refractivity contribution < 1.29 is 13.9 Å². The summed E-state index contributed by atoms with van der Waals surface area (Å²) < 4.78 is 22.4. The molecule has 0 atom stereocenters. The summed E-state index contributed by atoms with van der Waals surface area (Å²) in [5.74, 6) is -0.605. The first kappa shape index (κ1) is 26.5. The lowest BCUT2D eigenvalue weighted by molar-refractivity contribution is 0.0523. The van der Waals surface area contributed by atoms with Crippen LogP contribution in [-0.2, 0) is 18.3 Å². The van der Waals surface area contributed by atoms with E-state index >= 15 is 4.39 Å². The SMILES string of the molecule is Cc1cnc2cc(F)c(-c3c(-c4ccc5c(=O)[nH]nc(CNC(=O)OC(C)(C)C)c5c4)cnn3C)c(C#N)c2c1. The molecule has 0 saturated carbocycles. The van der Waals surface area contributed by atoms with Gasteiger partial charge in [0.2, 0.25) is 0 Å². The second kappa shape index (κ2) is 9.89. The number of carbonyl (C=O) groups excluding carboxylic acids is 1. The molecular weight excluding hydrogens is 513 g/mol. The Morgan fingerprint density at radius 3 is 2.67 bits per heavy atom. The Kier molecular flexibility index (Phi) is 6.55. The average Bonchev–Trinajstić information content (AvgIpc) is 3.27. The second-order valence-corrected chi connectivity index (χ2v) is 10.4. The third kappa shape index (κ3) is 4.87. The van der Waals surface area contributed by atoms with Gasteiger partial charge >= 0.3 is 6.09 Å². The third-order valence-electron chi connectivity index (χ3n) is 6.34. The number of hydrogen-bond acceptors (Lipinski definition) is 7. The minimum absolute atomic E-state index is 0.00419. The van der Waals surface area contributed by atoms with Crippen molar-refractivity contribution in [2.24, 2.45) is 7.05 Å². The van der Waals surface area contributed by atoms with Crippen LogP contribution in [0.5, 0.6) is 0 Å². The molecule has 0 aliphatic carbocycles. The van der Waals surface area contributed by atoms with Gasteiger partial charge < -0.3 is 10.1 Å². The molecule has 0 spiro atoms. The summed E-state index contributed by atoms with van der Waals surface area (Å²) in [6.45, 7) is 7.12. The van der Waals surface area contributed by atoms with Crippen LogP contribution < -0.4 is 10.9 Å². The van der Waals surface area contributed by atoms with Gasteiger partial charge in [-0.1, -0.05) is 6.07 Å². The monoisotopic (exact) mass is 539 g/mol. The van der Waals surface area contributed by atoms with Gasteiger partial charge in [-0.2, -0.15) is 15.5 Å². The molecule has 11 heteroatoms. The molecular formula is C29H26FN7O3. The van der Waals surface area contributed by atoms with Gasteiger partial charge in [0, 0.05) is 35.6 Å². The fourth-order valence-electron chi connectivity index (χ4n) is 4.63. The van der Waals surface area contributed by atoms with Gasteiger partial charge in [0.1, 0.15) is 17.5 Å². The summed E-state index contributed by atoms with van der Waals surface area (Å²) >= 11 is 0. The van der Waals surface area contributed by atoms with Gasteiger partial charge in [-0.3, -0.25) is 14.5 Å². The van der Waals surface area contributed by atoms with Crippen molar-refractivity contribution in [3.05, 3.63) is 75.7 Å². The standard InChI is InChI=1S/C29H26FN7O3/c1-15-8-18-20(11-31)25(22(30)10-23(18)32-12-15)26-21(13-34-37(26)5)16-6-7-17-19(9-16)24(35-36-27(17)38)14-33-28(39)40-29(2,3)4/h6-10,12-13H,14H2,1-5H3,(H,33,39)(H,36,38). The van der Waals surface area contributed by atoms with Crippen LogP contribution in [0.2, 0.25) is 0 Å². The van der Waals surface area contributed by atoms with Crippen LogP contribution in [-0.4, -0.2) is 36.7 Å². The second-order valence-electron chi connectivity index (χ2n) is 10.4. The maximum absolute atomic E-state index is 15.6. The molecule has 3 aromatic heterocycles. The molecule has 2 aromatic carbocycles. The number of aromatic amines is 1. The number of carbonyl (C=O) groups is 1. The van der Waals surface area contributed by atoms with E-state index in [1.54, 1.807) is 64.5 Å². The number of aromatic nitrogens is 5. The highest BCUT2D eigenvalue weighted by molar-refractivity contribution is 5.97. The molecule has 0 aliphatic rings. The number of rotatable bonds is 4. The number of hydrogen-bond donors (Lipinski definition) is 2. The zero-order valence-electron chi connectivity index (χ0n) is 22.6. The predicted molar refractivity (Wildman–Crippen MR) is 148 cm³/mol. The van der Waals surface area contributed by atoms with Crippen LogP contribution in [0.15, 0.2) is 47.5 Å². The highest BCUT2D eigenvalue weighted by Crippen LogP contribution is 2.38. The molecule has 5 rings (SSSR count). The number of aryl methyl sites for hydroxylation is 2. The lowest BCUT2D eigenvalue weighted by Gasteiger charge is -2.19. The number of pyridine rings is 1. The maximum Gasteiger partial charge on any atom is 0.407 e. The van der Waals surface area contributed by atoms with E-state index in [0.29, 0.717) is 44.2 Å². The molecule has 0 unspecified atom stereocenters. The zero-order chi connectivity index (χ0) is 28.8. The number of nitrogens with zero attached hydrogens (tertiary/aromatic N) is 5. The normalized spacial score (nSPS) is 11.5. The molecule has 0 bridgehead atoms. The highest BCUT2D eigenvalue weighted by Gasteiger charge is 2.24. The summed E-state index contributed by atoms with van der Waals surface area (Å²) in [6.07, 6.45) is 2.58. The number of ether oxygens (including phenoxy) is 1. The van der Waals surface area contributed by atoms with Crippen molar-refractivity contribution in [1.82, 2.24) is 30.3 Å². The van der Waals surface area contributed by atoms with Crippen LogP contribution >= 0.6 is 0 Å². The van der Waals surface area contributed by atoms with Crippen molar-refractivity contribution in [2.75, 3.05) is 0 Å². The molecule has 202 valence electrons. The highest BCUT2D eigenvalue weighted by atomic mass is 19.1. The number of nitrogens with one attached hydrogen (secondary N) is 2. The Bertz CT molecular complexity index is 1910. The molecule has 10 nitrogen and oxygen atoms in total.